The van der Waals surface area contributed by atoms with Crippen molar-refractivity contribution in [1.29, 1.82) is 0 Å². The van der Waals surface area contributed by atoms with E-state index in [0.717, 1.165) is 19.4 Å². The van der Waals surface area contributed by atoms with Crippen LogP contribution in [0.2, 0.25) is 5.02 Å². The van der Waals surface area contributed by atoms with E-state index in [4.69, 9.17) is 16.3 Å². The fourth-order valence-corrected chi connectivity index (χ4v) is 4.26. The van der Waals surface area contributed by atoms with Crippen LogP contribution in [0.5, 0.6) is 5.75 Å². The molecule has 0 bridgehead atoms. The summed E-state index contributed by atoms with van der Waals surface area (Å²) in [7, 11) is 1.58. The Morgan fingerprint density at radius 1 is 1.46 bits per heavy atom. The maximum atomic E-state index is 12.7. The summed E-state index contributed by atoms with van der Waals surface area (Å²) in [4.78, 5) is 16.3. The van der Waals surface area contributed by atoms with E-state index in [0.29, 0.717) is 22.5 Å². The van der Waals surface area contributed by atoms with Crippen LogP contribution < -0.4 is 10.1 Å². The van der Waals surface area contributed by atoms with Gasteiger partial charge >= 0.3 is 0 Å². The Kier molecular flexibility index (Phi) is 5.43. The standard InChI is InChI=1S/C18H21ClN2O2S/c1-12(21-9-3-5-15(21)17-6-4-10-24-17)18(22)20-14-11-13(19)7-8-16(14)23-2/h4,6-8,10-12,15H,3,5,9H2,1-2H3,(H,20,22)/t12-,15+/m0/s1. The molecule has 4 nitrogen and oxygen atoms in total. The van der Waals surface area contributed by atoms with Crippen molar-refractivity contribution in [1.82, 2.24) is 4.90 Å². The topological polar surface area (TPSA) is 41.6 Å². The van der Waals surface area contributed by atoms with Crippen LogP contribution in [0.25, 0.3) is 0 Å². The van der Waals surface area contributed by atoms with Crippen LogP contribution in [-0.4, -0.2) is 30.5 Å². The lowest BCUT2D eigenvalue weighted by atomic mass is 10.1. The third-order valence-corrected chi connectivity index (χ3v) is 5.67. The van der Waals surface area contributed by atoms with Gasteiger partial charge < -0.3 is 10.1 Å². The second-order valence-electron chi connectivity index (χ2n) is 5.92. The summed E-state index contributed by atoms with van der Waals surface area (Å²) >= 11 is 7.79. The smallest absolute Gasteiger partial charge is 0.241 e. The van der Waals surface area contributed by atoms with Crippen LogP contribution in [0.3, 0.4) is 0 Å². The van der Waals surface area contributed by atoms with Gasteiger partial charge in [0.15, 0.2) is 0 Å². The summed E-state index contributed by atoms with van der Waals surface area (Å²) < 4.78 is 5.30. The molecule has 1 amide bonds. The van der Waals surface area contributed by atoms with Gasteiger partial charge in [0.25, 0.3) is 0 Å². The lowest BCUT2D eigenvalue weighted by Gasteiger charge is -2.29. The second-order valence-corrected chi connectivity index (χ2v) is 7.34. The van der Waals surface area contributed by atoms with Crippen LogP contribution in [0.15, 0.2) is 35.7 Å². The van der Waals surface area contributed by atoms with E-state index in [-0.39, 0.29) is 11.9 Å². The summed E-state index contributed by atoms with van der Waals surface area (Å²) in [6.07, 6.45) is 2.21. The molecule has 1 aromatic carbocycles. The fraction of sp³-hybridized carbons (Fsp3) is 0.389. The molecule has 24 heavy (non-hydrogen) atoms. The summed E-state index contributed by atoms with van der Waals surface area (Å²) in [6, 6.07) is 9.54. The number of benzene rings is 1. The van der Waals surface area contributed by atoms with Crippen molar-refractivity contribution in [3.05, 3.63) is 45.6 Å². The number of nitrogens with one attached hydrogen (secondary N) is 1. The molecule has 0 unspecified atom stereocenters. The van der Waals surface area contributed by atoms with Crippen LogP contribution in [0, 0.1) is 0 Å². The van der Waals surface area contributed by atoms with Gasteiger partial charge in [-0.15, -0.1) is 11.3 Å². The Labute approximate surface area is 151 Å². The first-order chi connectivity index (χ1) is 11.6. The second kappa shape index (κ2) is 7.55. The van der Waals surface area contributed by atoms with Gasteiger partial charge in [-0.3, -0.25) is 9.69 Å². The molecule has 1 fully saturated rings. The number of ether oxygens (including phenoxy) is 1. The third kappa shape index (κ3) is 3.58. The number of hydrogen-bond acceptors (Lipinski definition) is 4. The van der Waals surface area contributed by atoms with Crippen molar-refractivity contribution in [2.24, 2.45) is 0 Å². The minimum atomic E-state index is -0.219. The zero-order valence-electron chi connectivity index (χ0n) is 13.8. The van der Waals surface area contributed by atoms with Crippen molar-refractivity contribution in [3.63, 3.8) is 0 Å². The van der Waals surface area contributed by atoms with E-state index in [1.807, 2.05) is 6.92 Å². The van der Waals surface area contributed by atoms with Crippen LogP contribution in [0.4, 0.5) is 5.69 Å². The number of nitrogens with zero attached hydrogens (tertiary/aromatic N) is 1. The molecule has 1 aliphatic rings. The first-order valence-electron chi connectivity index (χ1n) is 8.03. The molecule has 1 aromatic heterocycles. The molecule has 2 aromatic rings. The molecule has 128 valence electrons. The van der Waals surface area contributed by atoms with Crippen molar-refractivity contribution >= 4 is 34.5 Å². The number of thiophene rings is 1. The average Bonchev–Trinajstić information content (AvgIpc) is 3.25. The minimum absolute atomic E-state index is 0.0426. The Morgan fingerprint density at radius 2 is 2.29 bits per heavy atom. The molecule has 6 heteroatoms. The highest BCUT2D eigenvalue weighted by molar-refractivity contribution is 7.10. The Balaban J connectivity index is 1.74. The van der Waals surface area contributed by atoms with Gasteiger partial charge in [-0.2, -0.15) is 0 Å². The van der Waals surface area contributed by atoms with E-state index in [2.05, 4.69) is 27.7 Å². The average molecular weight is 365 g/mol. The zero-order chi connectivity index (χ0) is 17.1. The molecule has 0 aliphatic carbocycles. The number of carbonyl (C=O) groups is 1. The lowest BCUT2D eigenvalue weighted by molar-refractivity contribution is -0.121. The van der Waals surface area contributed by atoms with Crippen LogP contribution in [-0.2, 0) is 4.79 Å². The summed E-state index contributed by atoms with van der Waals surface area (Å²) in [5.74, 6) is 0.565. The van der Waals surface area contributed by atoms with E-state index >= 15 is 0 Å². The third-order valence-electron chi connectivity index (χ3n) is 4.46. The molecule has 3 rings (SSSR count). The van der Waals surface area contributed by atoms with Gasteiger partial charge in [-0.05, 0) is 56.0 Å². The van der Waals surface area contributed by atoms with Gasteiger partial charge in [0.05, 0.1) is 18.8 Å². The largest absolute Gasteiger partial charge is 0.495 e. The Bertz CT molecular complexity index is 705. The molecular formula is C18H21ClN2O2S. The summed E-state index contributed by atoms with van der Waals surface area (Å²) in [5.41, 5.74) is 0.605. The van der Waals surface area contributed by atoms with Crippen LogP contribution in [0.1, 0.15) is 30.7 Å². The SMILES string of the molecule is COc1ccc(Cl)cc1NC(=O)[C@H](C)N1CCC[C@@H]1c1cccs1. The van der Waals surface area contributed by atoms with E-state index in [9.17, 15) is 4.79 Å². The van der Waals surface area contributed by atoms with Crippen molar-refractivity contribution < 1.29 is 9.53 Å². The normalized spacial score (nSPS) is 19.2. The molecule has 2 atom stereocenters. The van der Waals surface area contributed by atoms with E-state index < -0.39 is 0 Å². The minimum Gasteiger partial charge on any atom is -0.495 e. The van der Waals surface area contributed by atoms with Crippen molar-refractivity contribution in [2.75, 3.05) is 19.0 Å². The Morgan fingerprint density at radius 3 is 3.00 bits per heavy atom. The molecule has 1 aliphatic heterocycles. The van der Waals surface area contributed by atoms with Gasteiger partial charge in [-0.25, -0.2) is 0 Å². The van der Waals surface area contributed by atoms with E-state index in [1.165, 1.54) is 4.88 Å². The van der Waals surface area contributed by atoms with Gasteiger partial charge in [0.1, 0.15) is 5.75 Å². The molecule has 0 radical (unpaired) electrons. The highest BCUT2D eigenvalue weighted by Gasteiger charge is 2.33. The number of likely N-dealkylation sites (tertiary alicyclic amines) is 1. The molecule has 0 spiro atoms. The molecule has 1 N–H and O–H groups in total. The fourth-order valence-electron chi connectivity index (χ4n) is 3.20. The Hall–Kier alpha value is -1.56. The number of methoxy groups -OCH3 is 1. The first-order valence-corrected chi connectivity index (χ1v) is 9.29. The number of anilines is 1. The van der Waals surface area contributed by atoms with Crippen LogP contribution >= 0.6 is 22.9 Å². The maximum Gasteiger partial charge on any atom is 0.241 e. The predicted octanol–water partition coefficient (Wildman–Crippen LogP) is 4.57. The highest BCUT2D eigenvalue weighted by Crippen LogP contribution is 2.36. The summed E-state index contributed by atoms with van der Waals surface area (Å²) in [6.45, 7) is 2.89. The number of carbonyl (C=O) groups excluding carboxylic acids is 1. The predicted molar refractivity (Wildman–Crippen MR) is 99.1 cm³/mol. The molecule has 1 saturated heterocycles. The maximum absolute atomic E-state index is 12.7. The number of amides is 1. The van der Waals surface area contributed by atoms with Crippen molar-refractivity contribution in [3.8, 4) is 5.75 Å². The quantitative estimate of drug-likeness (QED) is 0.844. The van der Waals surface area contributed by atoms with E-state index in [1.54, 1.807) is 36.6 Å². The molecule has 2 heterocycles. The monoisotopic (exact) mass is 364 g/mol. The molecular weight excluding hydrogens is 344 g/mol. The zero-order valence-corrected chi connectivity index (χ0v) is 15.4. The number of hydrogen-bond donors (Lipinski definition) is 1. The number of halogens is 1. The van der Waals surface area contributed by atoms with Crippen molar-refractivity contribution in [2.45, 2.75) is 31.8 Å². The highest BCUT2D eigenvalue weighted by atomic mass is 35.5. The first kappa shape index (κ1) is 17.3. The molecule has 0 saturated carbocycles. The van der Waals surface area contributed by atoms with Gasteiger partial charge in [0, 0.05) is 15.9 Å². The van der Waals surface area contributed by atoms with Gasteiger partial charge in [-0.1, -0.05) is 17.7 Å². The lowest BCUT2D eigenvalue weighted by Crippen LogP contribution is -2.41. The summed E-state index contributed by atoms with van der Waals surface area (Å²) in [5, 5.41) is 5.61. The van der Waals surface area contributed by atoms with Gasteiger partial charge in [0.2, 0.25) is 5.91 Å². The number of rotatable bonds is 5.